The van der Waals surface area contributed by atoms with Gasteiger partial charge in [0.1, 0.15) is 0 Å². The van der Waals surface area contributed by atoms with Crippen molar-refractivity contribution in [2.45, 2.75) is 25.2 Å². The van der Waals surface area contributed by atoms with Gasteiger partial charge in [0.05, 0.1) is 17.0 Å². The van der Waals surface area contributed by atoms with Gasteiger partial charge in [-0.15, -0.1) is 0 Å². The van der Waals surface area contributed by atoms with Crippen LogP contribution in [0.5, 0.6) is 0 Å². The van der Waals surface area contributed by atoms with Gasteiger partial charge in [-0.3, -0.25) is 10.1 Å². The van der Waals surface area contributed by atoms with Crippen LogP contribution < -0.4 is 5.73 Å². The Balaban J connectivity index is 1.77. The minimum absolute atomic E-state index is 0.577. The molecule has 2 aromatic rings. The molecule has 92 valence electrons. The van der Waals surface area contributed by atoms with Crippen LogP contribution in [-0.2, 0) is 0 Å². The molecule has 2 aliphatic rings. The van der Waals surface area contributed by atoms with Crippen molar-refractivity contribution in [1.82, 2.24) is 15.2 Å². The van der Waals surface area contributed by atoms with Gasteiger partial charge in [0.15, 0.2) is 5.82 Å². The topological polar surface area (TPSA) is 67.6 Å². The molecule has 2 heterocycles. The van der Waals surface area contributed by atoms with Crippen LogP contribution in [0.25, 0.3) is 11.3 Å². The maximum absolute atomic E-state index is 6.01. The van der Waals surface area contributed by atoms with Gasteiger partial charge in [-0.25, -0.2) is 0 Å². The lowest BCUT2D eigenvalue weighted by molar-refractivity contribution is 0.670. The molecule has 2 aromatic heterocycles. The van der Waals surface area contributed by atoms with E-state index < -0.39 is 0 Å². The number of pyridine rings is 1. The highest BCUT2D eigenvalue weighted by Crippen LogP contribution is 2.64. The van der Waals surface area contributed by atoms with E-state index in [2.05, 4.69) is 15.2 Å². The van der Waals surface area contributed by atoms with Crippen molar-refractivity contribution in [2.24, 2.45) is 11.8 Å². The van der Waals surface area contributed by atoms with Gasteiger partial charge in [-0.2, -0.15) is 5.10 Å². The molecule has 3 N–H and O–H groups in total. The van der Waals surface area contributed by atoms with Crippen LogP contribution in [0.15, 0.2) is 24.4 Å². The third-order valence-electron chi connectivity index (χ3n) is 4.48. The van der Waals surface area contributed by atoms with Crippen molar-refractivity contribution in [3.8, 4) is 11.3 Å². The number of fused-ring (bicyclic) bond motifs is 1. The van der Waals surface area contributed by atoms with Gasteiger partial charge in [-0.05, 0) is 36.8 Å². The third-order valence-corrected chi connectivity index (χ3v) is 4.48. The fourth-order valence-electron chi connectivity index (χ4n) is 3.64. The summed E-state index contributed by atoms with van der Waals surface area (Å²) in [6.07, 6.45) is 5.90. The van der Waals surface area contributed by atoms with E-state index in [1.807, 2.05) is 18.2 Å². The predicted molar refractivity (Wildman–Crippen MR) is 69.8 cm³/mol. The van der Waals surface area contributed by atoms with Crippen molar-refractivity contribution in [2.75, 3.05) is 5.73 Å². The van der Waals surface area contributed by atoms with Gasteiger partial charge in [-0.1, -0.05) is 12.5 Å². The summed E-state index contributed by atoms with van der Waals surface area (Å²) in [5, 5.41) is 7.34. The van der Waals surface area contributed by atoms with Gasteiger partial charge in [0, 0.05) is 12.1 Å². The summed E-state index contributed by atoms with van der Waals surface area (Å²) in [5.74, 6) is 2.92. The first-order valence-electron chi connectivity index (χ1n) is 6.61. The summed E-state index contributed by atoms with van der Waals surface area (Å²) in [6.45, 7) is 0. The Morgan fingerprint density at radius 3 is 2.78 bits per heavy atom. The number of nitrogens with one attached hydrogen (secondary N) is 1. The smallest absolute Gasteiger partial charge is 0.154 e. The van der Waals surface area contributed by atoms with Gasteiger partial charge >= 0.3 is 0 Å². The first-order chi connectivity index (χ1) is 8.86. The number of hydrogen-bond donors (Lipinski definition) is 2. The van der Waals surface area contributed by atoms with E-state index in [1.54, 1.807) is 6.20 Å². The van der Waals surface area contributed by atoms with Crippen LogP contribution in [-0.4, -0.2) is 15.2 Å². The number of aromatic amines is 1. The van der Waals surface area contributed by atoms with E-state index in [0.29, 0.717) is 11.7 Å². The van der Waals surface area contributed by atoms with Crippen LogP contribution in [0.4, 0.5) is 5.82 Å². The quantitative estimate of drug-likeness (QED) is 0.847. The standard InChI is InChI=1S/C14H16N4/c15-14-12(10-6-1-2-7-16-10)13(17-18-14)11-8-4-3-5-9(8)11/h1-2,6-9,11H,3-5H2,(H3,15,17,18). The molecule has 2 unspecified atom stereocenters. The molecular formula is C14H16N4. The molecule has 0 saturated heterocycles. The second-order valence-corrected chi connectivity index (χ2v) is 5.40. The molecule has 0 aliphatic heterocycles. The number of nitrogens with zero attached hydrogens (tertiary/aromatic N) is 2. The van der Waals surface area contributed by atoms with Crippen molar-refractivity contribution >= 4 is 5.82 Å². The largest absolute Gasteiger partial charge is 0.382 e. The Morgan fingerprint density at radius 1 is 1.22 bits per heavy atom. The van der Waals surface area contributed by atoms with Gasteiger partial charge in [0.2, 0.25) is 0 Å². The fourth-order valence-corrected chi connectivity index (χ4v) is 3.64. The zero-order valence-corrected chi connectivity index (χ0v) is 10.1. The van der Waals surface area contributed by atoms with Crippen LogP contribution in [0.1, 0.15) is 30.9 Å². The summed E-state index contributed by atoms with van der Waals surface area (Å²) < 4.78 is 0. The zero-order chi connectivity index (χ0) is 12.1. The molecule has 0 spiro atoms. The highest BCUT2D eigenvalue weighted by Gasteiger charge is 2.54. The predicted octanol–water partition coefficient (Wildman–Crippen LogP) is 2.57. The van der Waals surface area contributed by atoms with Crippen molar-refractivity contribution in [3.05, 3.63) is 30.1 Å². The molecule has 4 nitrogen and oxygen atoms in total. The van der Waals surface area contributed by atoms with E-state index >= 15 is 0 Å². The van der Waals surface area contributed by atoms with Crippen LogP contribution >= 0.6 is 0 Å². The number of anilines is 1. The Morgan fingerprint density at radius 2 is 2.06 bits per heavy atom. The summed E-state index contributed by atoms with van der Waals surface area (Å²) in [5.41, 5.74) is 9.17. The molecule has 4 heteroatoms. The zero-order valence-electron chi connectivity index (χ0n) is 10.1. The average Bonchev–Trinajstić information content (AvgIpc) is 2.79. The van der Waals surface area contributed by atoms with Crippen molar-refractivity contribution in [1.29, 1.82) is 0 Å². The molecule has 0 bridgehead atoms. The van der Waals surface area contributed by atoms with E-state index in [1.165, 1.54) is 25.0 Å². The molecule has 2 aliphatic carbocycles. The van der Waals surface area contributed by atoms with Gasteiger partial charge in [0.25, 0.3) is 0 Å². The lowest BCUT2D eigenvalue weighted by atomic mass is 10.0. The highest BCUT2D eigenvalue weighted by atomic mass is 15.2. The maximum Gasteiger partial charge on any atom is 0.154 e. The summed E-state index contributed by atoms with van der Waals surface area (Å²) >= 11 is 0. The Hall–Kier alpha value is -1.84. The number of nitrogen functional groups attached to an aromatic ring is 1. The molecule has 2 fully saturated rings. The normalized spacial score (nSPS) is 29.2. The molecule has 2 saturated carbocycles. The average molecular weight is 240 g/mol. The van der Waals surface area contributed by atoms with E-state index in [0.717, 1.165) is 23.1 Å². The van der Waals surface area contributed by atoms with E-state index in [4.69, 9.17) is 5.73 Å². The third kappa shape index (κ3) is 1.32. The van der Waals surface area contributed by atoms with Gasteiger partial charge < -0.3 is 5.73 Å². The minimum Gasteiger partial charge on any atom is -0.382 e. The lowest BCUT2D eigenvalue weighted by Gasteiger charge is -2.05. The summed E-state index contributed by atoms with van der Waals surface area (Å²) in [6, 6.07) is 5.92. The van der Waals surface area contributed by atoms with Crippen LogP contribution in [0.2, 0.25) is 0 Å². The minimum atomic E-state index is 0.577. The van der Waals surface area contributed by atoms with Crippen molar-refractivity contribution in [3.63, 3.8) is 0 Å². The monoisotopic (exact) mass is 240 g/mol. The number of nitrogens with two attached hydrogens (primary N) is 1. The summed E-state index contributed by atoms with van der Waals surface area (Å²) in [7, 11) is 0. The van der Waals surface area contributed by atoms with Crippen LogP contribution in [0.3, 0.4) is 0 Å². The summed E-state index contributed by atoms with van der Waals surface area (Å²) in [4.78, 5) is 4.41. The van der Waals surface area contributed by atoms with E-state index in [-0.39, 0.29) is 0 Å². The molecule has 0 radical (unpaired) electrons. The molecular weight excluding hydrogens is 224 g/mol. The molecule has 0 aromatic carbocycles. The Kier molecular flexibility index (Phi) is 2.01. The SMILES string of the molecule is Nc1n[nH]c(C2C3CCCC32)c1-c1ccccn1. The fraction of sp³-hybridized carbons (Fsp3) is 0.429. The Bertz CT molecular complexity index is 565. The molecule has 18 heavy (non-hydrogen) atoms. The lowest BCUT2D eigenvalue weighted by Crippen LogP contribution is -1.94. The highest BCUT2D eigenvalue weighted by molar-refractivity contribution is 5.74. The van der Waals surface area contributed by atoms with E-state index in [9.17, 15) is 0 Å². The molecule has 2 atom stereocenters. The number of H-pyrrole nitrogens is 1. The van der Waals surface area contributed by atoms with Crippen LogP contribution in [0, 0.1) is 11.8 Å². The number of rotatable bonds is 2. The second-order valence-electron chi connectivity index (χ2n) is 5.40. The Labute approximate surface area is 106 Å². The maximum atomic E-state index is 6.01. The second kappa shape index (κ2) is 3.57. The number of hydrogen-bond acceptors (Lipinski definition) is 3. The van der Waals surface area contributed by atoms with Crippen molar-refractivity contribution < 1.29 is 0 Å². The first-order valence-corrected chi connectivity index (χ1v) is 6.61. The molecule has 0 amide bonds. The first kappa shape index (κ1) is 10.1. The number of aromatic nitrogens is 3. The molecule has 4 rings (SSSR count).